The monoisotopic (exact) mass is 496 g/mol. The summed E-state index contributed by atoms with van der Waals surface area (Å²) in [6.07, 6.45) is 0.821. The topological polar surface area (TPSA) is 43.3 Å². The quantitative estimate of drug-likeness (QED) is 0.290. The van der Waals surface area contributed by atoms with E-state index in [1.54, 1.807) is 13.2 Å². The molecule has 1 amide bonds. The molecule has 1 heterocycles. The number of carbonyl (C=O) groups is 1. The fourth-order valence-electron chi connectivity index (χ4n) is 3.75. The van der Waals surface area contributed by atoms with Crippen LogP contribution >= 0.6 is 23.2 Å². The third-order valence-electron chi connectivity index (χ3n) is 5.53. The Morgan fingerprint density at radius 1 is 0.971 bits per heavy atom. The molecular formula is C27H23Cl2FN2O2. The first-order valence-corrected chi connectivity index (χ1v) is 11.5. The number of aryl methyl sites for hydroxylation is 1. The summed E-state index contributed by atoms with van der Waals surface area (Å²) in [6, 6.07) is 23.6. The molecular weight excluding hydrogens is 474 g/mol. The predicted molar refractivity (Wildman–Crippen MR) is 134 cm³/mol. The Labute approximate surface area is 207 Å². The second-order valence-electron chi connectivity index (χ2n) is 7.76. The van der Waals surface area contributed by atoms with Gasteiger partial charge in [-0.25, -0.2) is 4.39 Å². The normalized spacial score (nSPS) is 10.8. The van der Waals surface area contributed by atoms with Crippen molar-refractivity contribution in [3.05, 3.63) is 106 Å². The van der Waals surface area contributed by atoms with Crippen LogP contribution in [0.3, 0.4) is 0 Å². The highest BCUT2D eigenvalue weighted by Gasteiger charge is 2.14. The minimum absolute atomic E-state index is 0.115. The van der Waals surface area contributed by atoms with Crippen molar-refractivity contribution in [1.82, 2.24) is 9.88 Å². The smallest absolute Gasteiger partial charge is 0.220 e. The highest BCUT2D eigenvalue weighted by Crippen LogP contribution is 2.29. The maximum absolute atomic E-state index is 13.2. The molecule has 0 atom stereocenters. The summed E-state index contributed by atoms with van der Waals surface area (Å²) < 4.78 is 20.7. The van der Waals surface area contributed by atoms with Gasteiger partial charge in [-0.1, -0.05) is 41.4 Å². The van der Waals surface area contributed by atoms with Crippen LogP contribution in [-0.4, -0.2) is 17.6 Å². The number of hydrogen-bond donors (Lipinski definition) is 1. The number of nitrogens with zero attached hydrogens (tertiary/aromatic N) is 1. The summed E-state index contributed by atoms with van der Waals surface area (Å²) in [5.74, 6) is 0.246. The van der Waals surface area contributed by atoms with Crippen molar-refractivity contribution in [1.29, 1.82) is 0 Å². The fraction of sp³-hybridized carbons (Fsp3) is 0.148. The van der Waals surface area contributed by atoms with Gasteiger partial charge in [0.05, 0.1) is 12.8 Å². The van der Waals surface area contributed by atoms with Crippen molar-refractivity contribution < 1.29 is 13.9 Å². The second kappa shape index (κ2) is 10.8. The summed E-state index contributed by atoms with van der Waals surface area (Å²) in [5, 5.41) is 3.83. The molecule has 0 unspecified atom stereocenters. The van der Waals surface area contributed by atoms with Crippen LogP contribution < -0.4 is 10.1 Å². The molecule has 0 saturated carbocycles. The van der Waals surface area contributed by atoms with Crippen LogP contribution in [0, 0.1) is 5.82 Å². The maximum Gasteiger partial charge on any atom is 0.220 e. The molecule has 0 radical (unpaired) electrons. The molecule has 4 rings (SSSR count). The molecule has 0 aliphatic rings. The minimum atomic E-state index is -0.407. The van der Waals surface area contributed by atoms with Gasteiger partial charge in [-0.15, -0.1) is 0 Å². The summed E-state index contributed by atoms with van der Waals surface area (Å²) in [5.41, 5.74) is 4.63. The van der Waals surface area contributed by atoms with Crippen molar-refractivity contribution in [2.24, 2.45) is 0 Å². The van der Waals surface area contributed by atoms with Crippen molar-refractivity contribution in [2.45, 2.75) is 19.4 Å². The SMILES string of the molecule is COc1ccc(-n2c(CCC(=O)NCc3ccc(F)cc3Cl)ccc2-c2ccc(Cl)cc2)cc1. The molecule has 4 nitrogen and oxygen atoms in total. The van der Waals surface area contributed by atoms with Gasteiger partial charge in [0.2, 0.25) is 5.91 Å². The molecule has 0 saturated heterocycles. The second-order valence-corrected chi connectivity index (χ2v) is 8.61. The predicted octanol–water partition coefficient (Wildman–Crippen LogP) is 6.85. The molecule has 4 aromatic rings. The van der Waals surface area contributed by atoms with Gasteiger partial charge in [-0.3, -0.25) is 4.79 Å². The van der Waals surface area contributed by atoms with Gasteiger partial charge >= 0.3 is 0 Å². The van der Waals surface area contributed by atoms with Gasteiger partial charge in [0.25, 0.3) is 0 Å². The van der Waals surface area contributed by atoms with E-state index in [-0.39, 0.29) is 12.5 Å². The number of hydrogen-bond acceptors (Lipinski definition) is 2. The highest BCUT2D eigenvalue weighted by atomic mass is 35.5. The van der Waals surface area contributed by atoms with Crippen molar-refractivity contribution >= 4 is 29.1 Å². The van der Waals surface area contributed by atoms with Gasteiger partial charge in [0.1, 0.15) is 11.6 Å². The molecule has 0 bridgehead atoms. The molecule has 34 heavy (non-hydrogen) atoms. The van der Waals surface area contributed by atoms with E-state index < -0.39 is 5.82 Å². The minimum Gasteiger partial charge on any atom is -0.497 e. The van der Waals surface area contributed by atoms with E-state index in [2.05, 4.69) is 9.88 Å². The van der Waals surface area contributed by atoms with Crippen molar-refractivity contribution in [2.75, 3.05) is 7.11 Å². The Kier molecular flexibility index (Phi) is 7.56. The van der Waals surface area contributed by atoms with E-state index in [9.17, 15) is 9.18 Å². The number of ether oxygens (including phenoxy) is 1. The number of methoxy groups -OCH3 is 1. The zero-order chi connectivity index (χ0) is 24.1. The van der Waals surface area contributed by atoms with E-state index in [1.165, 1.54) is 12.1 Å². The number of rotatable bonds is 8. The van der Waals surface area contributed by atoms with Gasteiger partial charge in [0.15, 0.2) is 0 Å². The molecule has 1 N–H and O–H groups in total. The number of halogens is 3. The Hall–Kier alpha value is -3.28. The molecule has 0 fully saturated rings. The van der Waals surface area contributed by atoms with Crippen LogP contribution in [0.25, 0.3) is 16.9 Å². The molecule has 174 valence electrons. The number of aromatic nitrogens is 1. The molecule has 7 heteroatoms. The number of carbonyl (C=O) groups excluding carboxylic acids is 1. The van der Waals surface area contributed by atoms with E-state index in [1.807, 2.05) is 60.7 Å². The zero-order valence-corrected chi connectivity index (χ0v) is 20.0. The van der Waals surface area contributed by atoms with Crippen LogP contribution in [0.1, 0.15) is 17.7 Å². The largest absolute Gasteiger partial charge is 0.497 e. The lowest BCUT2D eigenvalue weighted by molar-refractivity contribution is -0.121. The summed E-state index contributed by atoms with van der Waals surface area (Å²) in [7, 11) is 1.63. The Morgan fingerprint density at radius 2 is 1.71 bits per heavy atom. The first-order chi connectivity index (χ1) is 16.4. The highest BCUT2D eigenvalue weighted by molar-refractivity contribution is 6.31. The van der Waals surface area contributed by atoms with Crippen LogP contribution in [0.5, 0.6) is 5.75 Å². The molecule has 0 aliphatic heterocycles. The lowest BCUT2D eigenvalue weighted by Crippen LogP contribution is -2.23. The number of nitrogens with one attached hydrogen (secondary N) is 1. The van der Waals surface area contributed by atoms with Crippen LogP contribution in [-0.2, 0) is 17.8 Å². The Morgan fingerprint density at radius 3 is 2.38 bits per heavy atom. The third kappa shape index (κ3) is 5.61. The first kappa shape index (κ1) is 23.9. The molecule has 0 aliphatic carbocycles. The lowest BCUT2D eigenvalue weighted by Gasteiger charge is -2.15. The molecule has 0 spiro atoms. The molecule has 3 aromatic carbocycles. The summed E-state index contributed by atoms with van der Waals surface area (Å²) in [6.45, 7) is 0.244. The Bertz CT molecular complexity index is 1290. The van der Waals surface area contributed by atoms with Gasteiger partial charge in [0, 0.05) is 34.4 Å². The zero-order valence-electron chi connectivity index (χ0n) is 18.5. The van der Waals surface area contributed by atoms with Gasteiger partial charge < -0.3 is 14.6 Å². The number of amides is 1. The van der Waals surface area contributed by atoms with Crippen LogP contribution in [0.15, 0.2) is 78.9 Å². The van der Waals surface area contributed by atoms with E-state index in [0.717, 1.165) is 28.4 Å². The van der Waals surface area contributed by atoms with Gasteiger partial charge in [-0.05, 0) is 78.2 Å². The third-order valence-corrected chi connectivity index (χ3v) is 6.14. The average molecular weight is 497 g/mol. The van der Waals surface area contributed by atoms with Gasteiger partial charge in [-0.2, -0.15) is 0 Å². The lowest BCUT2D eigenvalue weighted by atomic mass is 10.1. The standard InChI is InChI=1S/C27H23Cl2FN2O2/c1-34-24-12-8-22(9-13-24)32-23(10-14-26(32)18-2-5-20(28)6-3-18)11-15-27(33)31-17-19-4-7-21(30)16-25(19)29/h2-10,12-14,16H,11,15,17H2,1H3,(H,31,33). The maximum atomic E-state index is 13.2. The number of benzene rings is 3. The van der Waals surface area contributed by atoms with E-state index >= 15 is 0 Å². The summed E-state index contributed by atoms with van der Waals surface area (Å²) >= 11 is 12.1. The fourth-order valence-corrected chi connectivity index (χ4v) is 4.11. The van der Waals surface area contributed by atoms with Crippen LogP contribution in [0.2, 0.25) is 10.0 Å². The molecule has 1 aromatic heterocycles. The van der Waals surface area contributed by atoms with Crippen molar-refractivity contribution in [3.63, 3.8) is 0 Å². The Balaban J connectivity index is 1.53. The summed E-state index contributed by atoms with van der Waals surface area (Å²) in [4.78, 5) is 12.5. The average Bonchev–Trinajstić information content (AvgIpc) is 3.26. The van der Waals surface area contributed by atoms with Crippen LogP contribution in [0.4, 0.5) is 4.39 Å². The van der Waals surface area contributed by atoms with E-state index in [0.29, 0.717) is 28.5 Å². The van der Waals surface area contributed by atoms with Crippen molar-refractivity contribution in [3.8, 4) is 22.7 Å². The van der Waals surface area contributed by atoms with E-state index in [4.69, 9.17) is 27.9 Å². The first-order valence-electron chi connectivity index (χ1n) is 10.8.